The van der Waals surface area contributed by atoms with Crippen LogP contribution in [0.1, 0.15) is 34.9 Å². The van der Waals surface area contributed by atoms with E-state index in [1.54, 1.807) is 18.7 Å². The van der Waals surface area contributed by atoms with Crippen LogP contribution in [0.3, 0.4) is 0 Å². The number of nitrogens with zero attached hydrogens (tertiary/aromatic N) is 1. The zero-order valence-electron chi connectivity index (χ0n) is 10.8. The van der Waals surface area contributed by atoms with Crippen LogP contribution >= 0.6 is 23.1 Å². The summed E-state index contributed by atoms with van der Waals surface area (Å²) < 4.78 is 0. The molecule has 0 spiro atoms. The summed E-state index contributed by atoms with van der Waals surface area (Å²) >= 11 is 2.84. The zero-order valence-corrected chi connectivity index (χ0v) is 12.4. The van der Waals surface area contributed by atoms with Crippen LogP contribution < -0.4 is 11.1 Å². The fourth-order valence-corrected chi connectivity index (χ4v) is 2.63. The van der Waals surface area contributed by atoms with Gasteiger partial charge in [0.15, 0.2) is 5.69 Å². The molecule has 1 unspecified atom stereocenters. The van der Waals surface area contributed by atoms with E-state index in [0.29, 0.717) is 11.4 Å². The lowest BCUT2D eigenvalue weighted by atomic mass is 10.2. The lowest BCUT2D eigenvalue weighted by molar-refractivity contribution is -0.123. The highest BCUT2D eigenvalue weighted by Crippen LogP contribution is 2.18. The summed E-state index contributed by atoms with van der Waals surface area (Å²) in [4.78, 5) is 26.5. The monoisotopic (exact) mass is 303 g/mol. The number of hydrogen-bond donors (Lipinski definition) is 3. The molecular weight excluding hydrogens is 286 g/mol. The van der Waals surface area contributed by atoms with E-state index >= 15 is 0 Å². The van der Waals surface area contributed by atoms with Gasteiger partial charge in [0.25, 0.3) is 0 Å². The van der Waals surface area contributed by atoms with Gasteiger partial charge in [-0.05, 0) is 25.4 Å². The Morgan fingerprint density at radius 2 is 2.32 bits per heavy atom. The third-order valence-electron chi connectivity index (χ3n) is 2.44. The lowest BCUT2D eigenvalue weighted by Crippen LogP contribution is -2.41. The summed E-state index contributed by atoms with van der Waals surface area (Å²) in [6, 6.07) is -0.889. The van der Waals surface area contributed by atoms with Crippen LogP contribution in [-0.4, -0.2) is 40.0 Å². The van der Waals surface area contributed by atoms with Gasteiger partial charge in [0.2, 0.25) is 5.91 Å². The minimum absolute atomic E-state index is 0.00668. The van der Waals surface area contributed by atoms with E-state index in [4.69, 9.17) is 10.8 Å². The van der Waals surface area contributed by atoms with E-state index < -0.39 is 12.0 Å². The highest BCUT2D eigenvalue weighted by molar-refractivity contribution is 7.98. The van der Waals surface area contributed by atoms with Crippen molar-refractivity contribution in [2.75, 3.05) is 12.0 Å². The van der Waals surface area contributed by atoms with Crippen molar-refractivity contribution in [2.45, 2.75) is 25.4 Å². The maximum atomic E-state index is 11.8. The average Bonchev–Trinajstić information content (AvgIpc) is 2.85. The van der Waals surface area contributed by atoms with Gasteiger partial charge in [0.1, 0.15) is 5.01 Å². The average molecular weight is 303 g/mol. The van der Waals surface area contributed by atoms with Crippen LogP contribution in [0.2, 0.25) is 0 Å². The molecule has 0 aliphatic rings. The standard InChI is InChI=1S/C11H17N3O3S2/c1-6(10-14-8(5-19-10)11(16)17)13-9(15)7(12)3-4-18-2/h5-7H,3-4,12H2,1-2H3,(H,13,15)(H,16,17)/t6?,7-/m1/s1. The number of thiazole rings is 1. The van der Waals surface area contributed by atoms with Gasteiger partial charge < -0.3 is 16.2 Å². The van der Waals surface area contributed by atoms with E-state index in [9.17, 15) is 9.59 Å². The molecule has 0 saturated heterocycles. The van der Waals surface area contributed by atoms with Gasteiger partial charge in [-0.25, -0.2) is 9.78 Å². The second-order valence-electron chi connectivity index (χ2n) is 3.99. The van der Waals surface area contributed by atoms with E-state index in [2.05, 4.69) is 10.3 Å². The molecule has 0 aliphatic carbocycles. The van der Waals surface area contributed by atoms with Crippen molar-refractivity contribution in [2.24, 2.45) is 5.73 Å². The fourth-order valence-electron chi connectivity index (χ4n) is 1.34. The summed E-state index contributed by atoms with van der Waals surface area (Å²) in [6.45, 7) is 1.75. The Labute approximate surface area is 119 Å². The molecule has 19 heavy (non-hydrogen) atoms. The number of aromatic nitrogens is 1. The highest BCUT2D eigenvalue weighted by atomic mass is 32.2. The molecule has 1 amide bonds. The second-order valence-corrected chi connectivity index (χ2v) is 5.87. The minimum Gasteiger partial charge on any atom is -0.476 e. The van der Waals surface area contributed by atoms with Crippen LogP contribution in [0.4, 0.5) is 0 Å². The molecule has 8 heteroatoms. The Bertz CT molecular complexity index is 450. The van der Waals surface area contributed by atoms with E-state index in [0.717, 1.165) is 5.75 Å². The first-order valence-corrected chi connectivity index (χ1v) is 7.96. The molecule has 1 rings (SSSR count). The molecule has 0 aliphatic heterocycles. The number of rotatable bonds is 7. The molecule has 1 aromatic rings. The number of amides is 1. The Hall–Kier alpha value is -1.12. The van der Waals surface area contributed by atoms with Gasteiger partial charge in [-0.2, -0.15) is 11.8 Å². The van der Waals surface area contributed by atoms with Crippen molar-refractivity contribution in [3.8, 4) is 0 Å². The van der Waals surface area contributed by atoms with Crippen molar-refractivity contribution in [3.05, 3.63) is 16.1 Å². The summed E-state index contributed by atoms with van der Waals surface area (Å²) in [5.41, 5.74) is 5.74. The van der Waals surface area contributed by atoms with Crippen LogP contribution in [0.15, 0.2) is 5.38 Å². The van der Waals surface area contributed by atoms with Crippen molar-refractivity contribution in [1.82, 2.24) is 10.3 Å². The number of nitrogens with one attached hydrogen (secondary N) is 1. The number of carboxylic acids is 1. The molecular formula is C11H17N3O3S2. The number of nitrogens with two attached hydrogens (primary N) is 1. The molecule has 0 radical (unpaired) electrons. The number of aromatic carboxylic acids is 1. The molecule has 0 aromatic carbocycles. The van der Waals surface area contributed by atoms with Crippen LogP contribution in [-0.2, 0) is 4.79 Å². The minimum atomic E-state index is -1.07. The smallest absolute Gasteiger partial charge is 0.355 e. The van der Waals surface area contributed by atoms with Crippen LogP contribution in [0.5, 0.6) is 0 Å². The first-order chi connectivity index (χ1) is 8.95. The van der Waals surface area contributed by atoms with Crippen molar-refractivity contribution in [1.29, 1.82) is 0 Å². The van der Waals surface area contributed by atoms with Gasteiger partial charge in [-0.15, -0.1) is 11.3 Å². The summed E-state index contributed by atoms with van der Waals surface area (Å²) in [5, 5.41) is 13.5. The molecule has 106 valence electrons. The Morgan fingerprint density at radius 1 is 1.63 bits per heavy atom. The third kappa shape index (κ3) is 4.81. The van der Waals surface area contributed by atoms with Gasteiger partial charge in [-0.3, -0.25) is 4.79 Å². The fraction of sp³-hybridized carbons (Fsp3) is 0.545. The maximum Gasteiger partial charge on any atom is 0.355 e. The first kappa shape index (κ1) is 15.9. The largest absolute Gasteiger partial charge is 0.476 e. The lowest BCUT2D eigenvalue weighted by Gasteiger charge is -2.15. The van der Waals surface area contributed by atoms with E-state index in [1.165, 1.54) is 16.7 Å². The quantitative estimate of drug-likeness (QED) is 0.696. The number of hydrogen-bond acceptors (Lipinski definition) is 6. The highest BCUT2D eigenvalue weighted by Gasteiger charge is 2.19. The van der Waals surface area contributed by atoms with Crippen molar-refractivity contribution in [3.63, 3.8) is 0 Å². The van der Waals surface area contributed by atoms with Gasteiger partial charge in [0, 0.05) is 5.38 Å². The Balaban J connectivity index is 2.55. The maximum absolute atomic E-state index is 11.8. The van der Waals surface area contributed by atoms with E-state index in [1.807, 2.05) is 6.26 Å². The number of carbonyl (C=O) groups is 2. The molecule has 4 N–H and O–H groups in total. The van der Waals surface area contributed by atoms with Gasteiger partial charge in [0.05, 0.1) is 12.1 Å². The predicted octanol–water partition coefficient (Wildman–Crippen LogP) is 1.10. The second kappa shape index (κ2) is 7.46. The third-order valence-corrected chi connectivity index (χ3v) is 4.11. The molecule has 0 fully saturated rings. The Kier molecular flexibility index (Phi) is 6.26. The first-order valence-electron chi connectivity index (χ1n) is 5.69. The normalized spacial score (nSPS) is 13.8. The summed E-state index contributed by atoms with van der Waals surface area (Å²) in [5.74, 6) is -0.491. The van der Waals surface area contributed by atoms with Crippen molar-refractivity contribution < 1.29 is 14.7 Å². The number of carbonyl (C=O) groups excluding carboxylic acids is 1. The SMILES string of the molecule is CSCC[C@@H](N)C(=O)NC(C)c1nc(C(=O)O)cs1. The molecule has 0 bridgehead atoms. The number of thioether (sulfide) groups is 1. The number of carboxylic acid groups (broad SMARTS) is 1. The summed E-state index contributed by atoms with van der Waals surface area (Å²) in [7, 11) is 0. The predicted molar refractivity (Wildman–Crippen MR) is 76.6 cm³/mol. The van der Waals surface area contributed by atoms with Crippen LogP contribution in [0.25, 0.3) is 0 Å². The zero-order chi connectivity index (χ0) is 14.4. The molecule has 0 saturated carbocycles. The molecule has 1 heterocycles. The topological polar surface area (TPSA) is 105 Å². The molecule has 6 nitrogen and oxygen atoms in total. The summed E-state index contributed by atoms with van der Waals surface area (Å²) in [6.07, 6.45) is 2.56. The molecule has 1 aromatic heterocycles. The van der Waals surface area contributed by atoms with Crippen molar-refractivity contribution >= 4 is 35.0 Å². The molecule has 2 atom stereocenters. The van der Waals surface area contributed by atoms with Crippen LogP contribution in [0, 0.1) is 0 Å². The Morgan fingerprint density at radius 3 is 2.84 bits per heavy atom. The van der Waals surface area contributed by atoms with Gasteiger partial charge >= 0.3 is 5.97 Å². The van der Waals surface area contributed by atoms with Gasteiger partial charge in [-0.1, -0.05) is 0 Å². The van der Waals surface area contributed by atoms with E-state index in [-0.39, 0.29) is 17.6 Å².